The fourth-order valence-electron chi connectivity index (χ4n) is 3.06. The summed E-state index contributed by atoms with van der Waals surface area (Å²) in [5, 5.41) is 4.78. The van der Waals surface area contributed by atoms with Gasteiger partial charge in [-0.05, 0) is 89.0 Å². The molecular formula is C22H21BrN2O5S. The van der Waals surface area contributed by atoms with Gasteiger partial charge in [0.15, 0.2) is 16.6 Å². The number of nitrogens with one attached hydrogen (secondary N) is 2. The first kappa shape index (κ1) is 22.8. The molecule has 162 valence electrons. The van der Waals surface area contributed by atoms with E-state index in [1.165, 1.54) is 13.2 Å². The maximum atomic E-state index is 12.0. The SMILES string of the molecule is COc1cc(C=C2C(=O)NC(=S)NC2=O)cc(Br)c1OCCOc1cc(C)cc(C)c1. The maximum absolute atomic E-state index is 12.0. The summed E-state index contributed by atoms with van der Waals surface area (Å²) >= 11 is 8.27. The predicted octanol–water partition coefficient (Wildman–Crippen LogP) is 3.45. The lowest BCUT2D eigenvalue weighted by Gasteiger charge is -2.17. The fraction of sp³-hybridized carbons (Fsp3) is 0.227. The van der Waals surface area contributed by atoms with Gasteiger partial charge >= 0.3 is 0 Å². The first-order chi connectivity index (χ1) is 14.8. The van der Waals surface area contributed by atoms with E-state index in [-0.39, 0.29) is 10.7 Å². The number of carbonyl (C=O) groups excluding carboxylic acids is 2. The molecule has 1 aliphatic heterocycles. The summed E-state index contributed by atoms with van der Waals surface area (Å²) in [5.41, 5.74) is 2.79. The minimum absolute atomic E-state index is 0.0160. The number of ether oxygens (including phenoxy) is 3. The molecule has 0 unspecified atom stereocenters. The molecule has 0 spiro atoms. The molecule has 31 heavy (non-hydrogen) atoms. The zero-order chi connectivity index (χ0) is 22.5. The van der Waals surface area contributed by atoms with E-state index in [1.807, 2.05) is 26.0 Å². The van der Waals surface area contributed by atoms with Gasteiger partial charge in [0.1, 0.15) is 24.5 Å². The Kier molecular flexibility index (Phi) is 7.29. The zero-order valence-electron chi connectivity index (χ0n) is 17.2. The summed E-state index contributed by atoms with van der Waals surface area (Å²) in [6.45, 7) is 4.68. The molecule has 3 rings (SSSR count). The Bertz CT molecular complexity index is 1040. The molecule has 0 radical (unpaired) electrons. The number of hydrogen-bond acceptors (Lipinski definition) is 6. The molecule has 0 bridgehead atoms. The van der Waals surface area contributed by atoms with Crippen LogP contribution in [0.15, 0.2) is 40.4 Å². The van der Waals surface area contributed by atoms with Gasteiger partial charge in [-0.15, -0.1) is 0 Å². The lowest BCUT2D eigenvalue weighted by atomic mass is 10.1. The number of hydrogen-bond donors (Lipinski definition) is 2. The number of rotatable bonds is 7. The van der Waals surface area contributed by atoms with Crippen molar-refractivity contribution in [3.63, 3.8) is 0 Å². The molecule has 0 saturated carbocycles. The van der Waals surface area contributed by atoms with Crippen LogP contribution < -0.4 is 24.8 Å². The highest BCUT2D eigenvalue weighted by Crippen LogP contribution is 2.37. The van der Waals surface area contributed by atoms with Crippen LogP contribution >= 0.6 is 28.1 Å². The van der Waals surface area contributed by atoms with Crippen molar-refractivity contribution in [3.8, 4) is 17.2 Å². The van der Waals surface area contributed by atoms with Crippen LogP contribution in [0.25, 0.3) is 6.08 Å². The standard InChI is InChI=1S/C22H21BrN2O5S/c1-12-6-13(2)8-15(7-12)29-4-5-30-19-17(23)10-14(11-18(19)28-3)9-16-20(26)24-22(31)25-21(16)27/h6-11H,4-5H2,1-3H3,(H2,24,25,26,27,31). The van der Waals surface area contributed by atoms with Crippen molar-refractivity contribution < 1.29 is 23.8 Å². The highest BCUT2D eigenvalue weighted by atomic mass is 79.9. The minimum atomic E-state index is -0.562. The summed E-state index contributed by atoms with van der Waals surface area (Å²) < 4.78 is 17.7. The Balaban J connectivity index is 1.71. The van der Waals surface area contributed by atoms with Crippen molar-refractivity contribution in [3.05, 3.63) is 57.1 Å². The number of halogens is 1. The Morgan fingerprint density at radius 2 is 1.58 bits per heavy atom. The first-order valence-corrected chi connectivity index (χ1v) is 10.6. The van der Waals surface area contributed by atoms with E-state index in [0.29, 0.717) is 34.7 Å². The van der Waals surface area contributed by atoms with E-state index < -0.39 is 11.8 Å². The molecule has 2 amide bonds. The second kappa shape index (κ2) is 9.93. The monoisotopic (exact) mass is 504 g/mol. The Hall–Kier alpha value is -2.91. The minimum Gasteiger partial charge on any atom is -0.493 e. The van der Waals surface area contributed by atoms with E-state index in [4.69, 9.17) is 26.4 Å². The van der Waals surface area contributed by atoms with E-state index in [0.717, 1.165) is 16.9 Å². The van der Waals surface area contributed by atoms with Crippen LogP contribution in [0.4, 0.5) is 0 Å². The molecule has 2 N–H and O–H groups in total. The van der Waals surface area contributed by atoms with Crippen LogP contribution in [0, 0.1) is 13.8 Å². The molecule has 9 heteroatoms. The van der Waals surface area contributed by atoms with Gasteiger partial charge in [0.25, 0.3) is 11.8 Å². The van der Waals surface area contributed by atoms with Crippen molar-refractivity contribution in [2.45, 2.75) is 13.8 Å². The van der Waals surface area contributed by atoms with E-state index >= 15 is 0 Å². The molecule has 0 atom stereocenters. The van der Waals surface area contributed by atoms with Crippen LogP contribution in [-0.4, -0.2) is 37.3 Å². The smallest absolute Gasteiger partial charge is 0.263 e. The van der Waals surface area contributed by atoms with Crippen molar-refractivity contribution >= 4 is 51.2 Å². The molecular weight excluding hydrogens is 484 g/mol. The molecule has 0 aliphatic carbocycles. The topological polar surface area (TPSA) is 85.9 Å². The largest absolute Gasteiger partial charge is 0.493 e. The summed E-state index contributed by atoms with van der Waals surface area (Å²) in [6.07, 6.45) is 1.45. The Morgan fingerprint density at radius 3 is 2.19 bits per heavy atom. The first-order valence-electron chi connectivity index (χ1n) is 9.36. The van der Waals surface area contributed by atoms with E-state index in [9.17, 15) is 9.59 Å². The fourth-order valence-corrected chi connectivity index (χ4v) is 3.82. The summed E-state index contributed by atoms with van der Waals surface area (Å²) in [5.74, 6) is 0.602. The number of amides is 2. The normalized spacial score (nSPS) is 13.4. The van der Waals surface area contributed by atoms with Gasteiger partial charge in [0.2, 0.25) is 0 Å². The third-order valence-electron chi connectivity index (χ3n) is 4.30. The van der Waals surface area contributed by atoms with Gasteiger partial charge in [-0.1, -0.05) is 6.07 Å². The molecule has 1 saturated heterocycles. The third-order valence-corrected chi connectivity index (χ3v) is 5.09. The number of methoxy groups -OCH3 is 1. The quantitative estimate of drug-likeness (QED) is 0.260. The highest BCUT2D eigenvalue weighted by molar-refractivity contribution is 9.10. The second-order valence-corrected chi connectivity index (χ2v) is 8.11. The number of benzene rings is 2. The molecule has 2 aromatic rings. The molecule has 1 aliphatic rings. The predicted molar refractivity (Wildman–Crippen MR) is 124 cm³/mol. The third kappa shape index (κ3) is 5.83. The van der Waals surface area contributed by atoms with E-state index in [1.54, 1.807) is 12.1 Å². The van der Waals surface area contributed by atoms with Gasteiger partial charge in [-0.2, -0.15) is 0 Å². The molecule has 7 nitrogen and oxygen atoms in total. The summed E-state index contributed by atoms with van der Waals surface area (Å²) in [7, 11) is 1.51. The molecule has 1 fully saturated rings. The van der Waals surface area contributed by atoms with Crippen molar-refractivity contribution in [2.75, 3.05) is 20.3 Å². The lowest BCUT2D eigenvalue weighted by molar-refractivity contribution is -0.123. The summed E-state index contributed by atoms with van der Waals surface area (Å²) in [6, 6.07) is 9.41. The number of aryl methyl sites for hydroxylation is 2. The lowest BCUT2D eigenvalue weighted by Crippen LogP contribution is -2.51. The average molecular weight is 505 g/mol. The summed E-state index contributed by atoms with van der Waals surface area (Å²) in [4.78, 5) is 24.1. The average Bonchev–Trinajstić information content (AvgIpc) is 2.68. The Morgan fingerprint density at radius 1 is 0.968 bits per heavy atom. The number of carbonyl (C=O) groups is 2. The van der Waals surface area contributed by atoms with Crippen LogP contribution in [0.3, 0.4) is 0 Å². The zero-order valence-corrected chi connectivity index (χ0v) is 19.6. The molecule has 2 aromatic carbocycles. The maximum Gasteiger partial charge on any atom is 0.263 e. The van der Waals surface area contributed by atoms with Gasteiger partial charge < -0.3 is 14.2 Å². The van der Waals surface area contributed by atoms with Gasteiger partial charge in [-0.25, -0.2) is 0 Å². The van der Waals surface area contributed by atoms with Crippen molar-refractivity contribution in [1.29, 1.82) is 0 Å². The van der Waals surface area contributed by atoms with Crippen LogP contribution in [0.2, 0.25) is 0 Å². The van der Waals surface area contributed by atoms with Crippen LogP contribution in [0.1, 0.15) is 16.7 Å². The van der Waals surface area contributed by atoms with E-state index in [2.05, 4.69) is 32.6 Å². The van der Waals surface area contributed by atoms with Crippen LogP contribution in [0.5, 0.6) is 17.2 Å². The molecule has 0 aromatic heterocycles. The second-order valence-electron chi connectivity index (χ2n) is 6.85. The Labute approximate surface area is 193 Å². The molecule has 1 heterocycles. The van der Waals surface area contributed by atoms with Gasteiger partial charge in [0, 0.05) is 0 Å². The van der Waals surface area contributed by atoms with Gasteiger partial charge in [-0.3, -0.25) is 20.2 Å². The number of thiocarbonyl (C=S) groups is 1. The van der Waals surface area contributed by atoms with Crippen molar-refractivity contribution in [2.24, 2.45) is 0 Å². The van der Waals surface area contributed by atoms with Crippen molar-refractivity contribution in [1.82, 2.24) is 10.6 Å². The highest BCUT2D eigenvalue weighted by Gasteiger charge is 2.26. The van der Waals surface area contributed by atoms with Gasteiger partial charge in [0.05, 0.1) is 11.6 Å². The van der Waals surface area contributed by atoms with Crippen LogP contribution in [-0.2, 0) is 9.59 Å².